The van der Waals surface area contributed by atoms with Gasteiger partial charge in [-0.25, -0.2) is 0 Å². The Hall–Kier alpha value is -2.11. The van der Waals surface area contributed by atoms with E-state index in [9.17, 15) is 18.3 Å². The van der Waals surface area contributed by atoms with Crippen molar-refractivity contribution in [3.63, 3.8) is 0 Å². The molecular formula is C33H45F3O2. The molecule has 0 heterocycles. The predicted molar refractivity (Wildman–Crippen MR) is 151 cm³/mol. The summed E-state index contributed by atoms with van der Waals surface area (Å²) in [5.74, 6) is 1.12. The maximum atomic E-state index is 12.4. The second kappa shape index (κ2) is 14.9. The molecule has 5 heteroatoms. The van der Waals surface area contributed by atoms with Crippen LogP contribution in [0.2, 0.25) is 0 Å². The van der Waals surface area contributed by atoms with E-state index in [-0.39, 0.29) is 13.0 Å². The highest BCUT2D eigenvalue weighted by Crippen LogP contribution is 2.40. The third kappa shape index (κ3) is 9.27. The zero-order valence-electron chi connectivity index (χ0n) is 23.2. The molecule has 0 aliphatic heterocycles. The molecule has 0 unspecified atom stereocenters. The number of methoxy groups -OCH3 is 1. The second-order valence-corrected chi connectivity index (χ2v) is 11.0. The average molecular weight is 531 g/mol. The van der Waals surface area contributed by atoms with E-state index in [0.29, 0.717) is 24.9 Å². The van der Waals surface area contributed by atoms with Crippen LogP contribution in [0.15, 0.2) is 48.6 Å². The molecule has 0 saturated heterocycles. The lowest BCUT2D eigenvalue weighted by Crippen LogP contribution is -2.15. The molecule has 38 heavy (non-hydrogen) atoms. The highest BCUT2D eigenvalue weighted by Gasteiger charge is 2.27. The Labute approximate surface area is 227 Å². The zero-order chi connectivity index (χ0) is 27.5. The number of alkyl halides is 3. The number of hydrogen-bond donors (Lipinski definition) is 1. The molecule has 0 atom stereocenters. The van der Waals surface area contributed by atoms with Gasteiger partial charge in [0.25, 0.3) is 0 Å². The first kappa shape index (κ1) is 30.4. The van der Waals surface area contributed by atoms with E-state index in [1.807, 2.05) is 0 Å². The SMILES string of the molecule is C=C(CO)CCc1ccc(-c2ccc(C3CCC(CCCCC(F)(F)F)CC3)c(CC)c2)cc1CCOC. The highest BCUT2D eigenvalue weighted by molar-refractivity contribution is 5.66. The molecule has 0 bridgehead atoms. The normalized spacial score (nSPS) is 18.1. The quantitative estimate of drug-likeness (QED) is 0.195. The van der Waals surface area contributed by atoms with Crippen LogP contribution in [0.25, 0.3) is 11.1 Å². The first-order valence-electron chi connectivity index (χ1n) is 14.3. The fourth-order valence-corrected chi connectivity index (χ4v) is 5.89. The number of rotatable bonds is 14. The van der Waals surface area contributed by atoms with Gasteiger partial charge in [0.1, 0.15) is 0 Å². The van der Waals surface area contributed by atoms with Gasteiger partial charge >= 0.3 is 6.18 Å². The van der Waals surface area contributed by atoms with Gasteiger partial charge in [0.05, 0.1) is 13.2 Å². The smallest absolute Gasteiger partial charge is 0.389 e. The molecule has 1 fully saturated rings. The van der Waals surface area contributed by atoms with Crippen molar-refractivity contribution in [2.45, 2.75) is 96.1 Å². The molecule has 0 radical (unpaired) electrons. The van der Waals surface area contributed by atoms with Crippen LogP contribution in [-0.4, -0.2) is 31.6 Å². The third-order valence-corrected chi connectivity index (χ3v) is 8.22. The second-order valence-electron chi connectivity index (χ2n) is 11.0. The molecule has 1 aliphatic rings. The lowest BCUT2D eigenvalue weighted by atomic mass is 9.75. The molecule has 1 saturated carbocycles. The van der Waals surface area contributed by atoms with Crippen LogP contribution < -0.4 is 0 Å². The Morgan fingerprint density at radius 2 is 1.63 bits per heavy atom. The first-order valence-corrected chi connectivity index (χ1v) is 14.3. The number of ether oxygens (including phenoxy) is 1. The van der Waals surface area contributed by atoms with Gasteiger partial charge in [0.2, 0.25) is 0 Å². The summed E-state index contributed by atoms with van der Waals surface area (Å²) in [5.41, 5.74) is 8.71. The summed E-state index contributed by atoms with van der Waals surface area (Å²) in [6, 6.07) is 13.6. The van der Waals surface area contributed by atoms with Gasteiger partial charge in [-0.3, -0.25) is 0 Å². The van der Waals surface area contributed by atoms with Gasteiger partial charge in [-0.1, -0.05) is 68.3 Å². The van der Waals surface area contributed by atoms with Crippen LogP contribution in [0.1, 0.15) is 92.9 Å². The number of aliphatic hydroxyl groups is 1. The van der Waals surface area contributed by atoms with Gasteiger partial charge in [-0.05, 0) is 103 Å². The van der Waals surface area contributed by atoms with Crippen LogP contribution in [0.5, 0.6) is 0 Å². The van der Waals surface area contributed by atoms with Crippen molar-refractivity contribution in [3.05, 3.63) is 70.8 Å². The molecule has 3 rings (SSSR count). The summed E-state index contributed by atoms with van der Waals surface area (Å²) < 4.78 is 42.6. The van der Waals surface area contributed by atoms with Gasteiger partial charge in [-0.15, -0.1) is 0 Å². The number of benzene rings is 2. The van der Waals surface area contributed by atoms with Crippen LogP contribution in [0, 0.1) is 5.92 Å². The van der Waals surface area contributed by atoms with E-state index in [2.05, 4.69) is 49.9 Å². The molecule has 1 aliphatic carbocycles. The van der Waals surface area contributed by atoms with E-state index in [0.717, 1.165) is 63.4 Å². The third-order valence-electron chi connectivity index (χ3n) is 8.22. The van der Waals surface area contributed by atoms with Gasteiger partial charge in [-0.2, -0.15) is 13.2 Å². The molecular weight excluding hydrogens is 485 g/mol. The molecule has 0 aromatic heterocycles. The van der Waals surface area contributed by atoms with E-state index in [4.69, 9.17) is 4.74 Å². The molecule has 2 aromatic rings. The lowest BCUT2D eigenvalue weighted by molar-refractivity contribution is -0.135. The predicted octanol–water partition coefficient (Wildman–Crippen LogP) is 8.98. The Morgan fingerprint density at radius 1 is 0.947 bits per heavy atom. The minimum absolute atomic E-state index is 0.0290. The topological polar surface area (TPSA) is 29.5 Å². The Morgan fingerprint density at radius 3 is 2.26 bits per heavy atom. The summed E-state index contributed by atoms with van der Waals surface area (Å²) in [4.78, 5) is 0. The van der Waals surface area contributed by atoms with Crippen LogP contribution in [-0.2, 0) is 24.0 Å². The standard InChI is InChI=1S/C33H45F3O2/c1-4-26-21-30(29-15-14-27(11-8-24(2)23-37)31(22-29)18-20-38-3)16-17-32(26)28-12-9-25(10-13-28)7-5-6-19-33(34,35)36/h14-17,21-22,25,28,37H,2,4-13,18-20,23H2,1,3H3. The number of hydrogen-bond acceptors (Lipinski definition) is 2. The summed E-state index contributed by atoms with van der Waals surface area (Å²) in [6.07, 6.45) is 5.18. The van der Waals surface area contributed by atoms with E-state index < -0.39 is 12.6 Å². The number of aliphatic hydroxyl groups excluding tert-OH is 1. The number of halogens is 3. The van der Waals surface area contributed by atoms with Gasteiger partial charge in [0.15, 0.2) is 0 Å². The lowest BCUT2D eigenvalue weighted by Gasteiger charge is -2.30. The fraction of sp³-hybridized carbons (Fsp3) is 0.576. The van der Waals surface area contributed by atoms with Crippen LogP contribution in [0.4, 0.5) is 13.2 Å². The molecule has 2 nitrogen and oxygen atoms in total. The average Bonchev–Trinajstić information content (AvgIpc) is 2.92. The summed E-state index contributed by atoms with van der Waals surface area (Å²) in [7, 11) is 1.73. The summed E-state index contributed by atoms with van der Waals surface area (Å²) in [6.45, 7) is 6.84. The van der Waals surface area contributed by atoms with Crippen LogP contribution >= 0.6 is 0 Å². The van der Waals surface area contributed by atoms with Crippen molar-refractivity contribution < 1.29 is 23.0 Å². The van der Waals surface area contributed by atoms with Crippen molar-refractivity contribution in [2.75, 3.05) is 20.3 Å². The maximum Gasteiger partial charge on any atom is 0.389 e. The van der Waals surface area contributed by atoms with Crippen molar-refractivity contribution in [2.24, 2.45) is 5.92 Å². The number of unbranched alkanes of at least 4 members (excludes halogenated alkanes) is 1. The van der Waals surface area contributed by atoms with Crippen molar-refractivity contribution in [1.82, 2.24) is 0 Å². The number of aryl methyl sites for hydroxylation is 2. The minimum Gasteiger partial charge on any atom is -0.392 e. The summed E-state index contributed by atoms with van der Waals surface area (Å²) in [5, 5.41) is 9.31. The van der Waals surface area contributed by atoms with E-state index >= 15 is 0 Å². The fourth-order valence-electron chi connectivity index (χ4n) is 5.89. The molecule has 0 amide bonds. The Bertz CT molecular complexity index is 1020. The van der Waals surface area contributed by atoms with Crippen LogP contribution in [0.3, 0.4) is 0 Å². The Balaban J connectivity index is 1.66. The van der Waals surface area contributed by atoms with E-state index in [1.165, 1.54) is 33.4 Å². The molecule has 210 valence electrons. The first-order chi connectivity index (χ1) is 18.2. The van der Waals surface area contributed by atoms with Gasteiger partial charge in [0, 0.05) is 13.5 Å². The highest BCUT2D eigenvalue weighted by atomic mass is 19.4. The van der Waals surface area contributed by atoms with Crippen molar-refractivity contribution >= 4 is 0 Å². The van der Waals surface area contributed by atoms with Crippen molar-refractivity contribution in [1.29, 1.82) is 0 Å². The monoisotopic (exact) mass is 530 g/mol. The molecule has 2 aromatic carbocycles. The molecule has 1 N–H and O–H groups in total. The Kier molecular flexibility index (Phi) is 11.9. The van der Waals surface area contributed by atoms with E-state index in [1.54, 1.807) is 7.11 Å². The van der Waals surface area contributed by atoms with Crippen molar-refractivity contribution in [3.8, 4) is 11.1 Å². The van der Waals surface area contributed by atoms with Gasteiger partial charge < -0.3 is 9.84 Å². The minimum atomic E-state index is -4.02. The summed E-state index contributed by atoms with van der Waals surface area (Å²) >= 11 is 0. The largest absolute Gasteiger partial charge is 0.392 e. The zero-order valence-corrected chi connectivity index (χ0v) is 23.2. The molecule has 0 spiro atoms. The maximum absolute atomic E-state index is 12.4.